The number of allylic oxidation sites excluding steroid dienone is 1. The lowest BCUT2D eigenvalue weighted by Crippen LogP contribution is -2.15. The highest BCUT2D eigenvalue weighted by Gasteiger charge is 2.21. The molecule has 2 rings (SSSR count). The minimum absolute atomic E-state index is 0.371. The highest BCUT2D eigenvalue weighted by molar-refractivity contribution is 8.10. The largest absolute Gasteiger partial charge is 0.366 e. The molecule has 0 saturated carbocycles. The molecule has 0 radical (unpaired) electrons. The Morgan fingerprint density at radius 2 is 2.33 bits per heavy atom. The molecular weight excluding hydrogens is 280 g/mol. The van der Waals surface area contributed by atoms with Crippen LogP contribution in [0.25, 0.3) is 4.91 Å². The highest BCUT2D eigenvalue weighted by Crippen LogP contribution is 2.31. The maximum atomic E-state index is 11.6. The first kappa shape index (κ1) is 15.8. The Kier molecular flexibility index (Phi) is 5.23. The molecule has 1 aromatic rings. The molecule has 1 aliphatic carbocycles. The van der Waals surface area contributed by atoms with Crippen LogP contribution in [0.1, 0.15) is 54.0 Å². The van der Waals surface area contributed by atoms with Gasteiger partial charge in [-0.25, -0.2) is 0 Å². The Morgan fingerprint density at radius 3 is 3.00 bits per heavy atom. The summed E-state index contributed by atoms with van der Waals surface area (Å²) in [4.78, 5) is 17.1. The molecule has 1 amide bonds. The molecule has 4 heteroatoms. The van der Waals surface area contributed by atoms with E-state index in [1.54, 1.807) is 17.8 Å². The summed E-state index contributed by atoms with van der Waals surface area (Å²) in [5.41, 5.74) is 8.91. The van der Waals surface area contributed by atoms with E-state index in [1.165, 1.54) is 0 Å². The number of nitrogens with zero attached hydrogens (tertiary/aromatic N) is 1. The van der Waals surface area contributed by atoms with Crippen molar-refractivity contribution in [1.82, 2.24) is 4.98 Å². The maximum absolute atomic E-state index is 11.6. The smallest absolute Gasteiger partial charge is 0.249 e. The SMILES string of the molecule is C=C(S/C=C\C(C)CC)c1cc(C(N)=O)c2c(n1)CCC2. The Hall–Kier alpha value is -1.55. The van der Waals surface area contributed by atoms with Crippen molar-refractivity contribution in [1.29, 1.82) is 0 Å². The lowest BCUT2D eigenvalue weighted by molar-refractivity contribution is 0.0999. The van der Waals surface area contributed by atoms with Crippen molar-refractivity contribution in [2.24, 2.45) is 11.7 Å². The molecule has 1 unspecified atom stereocenters. The van der Waals surface area contributed by atoms with Gasteiger partial charge in [0.25, 0.3) is 0 Å². The standard InChI is InChI=1S/C17H22N2OS/c1-4-11(2)8-9-21-12(3)16-10-14(17(18)20)13-6-5-7-15(13)19-16/h8-11H,3-7H2,1-2H3,(H2,18,20)/b9-8-. The minimum atomic E-state index is -0.371. The van der Waals surface area contributed by atoms with Crippen molar-refractivity contribution in [3.63, 3.8) is 0 Å². The fraction of sp³-hybridized carbons (Fsp3) is 0.412. The minimum Gasteiger partial charge on any atom is -0.366 e. The molecule has 1 heterocycles. The maximum Gasteiger partial charge on any atom is 0.249 e. The number of primary amides is 1. The van der Waals surface area contributed by atoms with Gasteiger partial charge in [-0.15, -0.1) is 0 Å². The molecule has 2 N–H and O–H groups in total. The van der Waals surface area contributed by atoms with Gasteiger partial charge in [-0.1, -0.05) is 44.7 Å². The molecule has 112 valence electrons. The third kappa shape index (κ3) is 3.76. The van der Waals surface area contributed by atoms with Gasteiger partial charge in [0, 0.05) is 16.2 Å². The molecule has 0 bridgehead atoms. The van der Waals surface area contributed by atoms with Crippen LogP contribution in [0, 0.1) is 5.92 Å². The Bertz CT molecular complexity index is 593. The Morgan fingerprint density at radius 1 is 1.57 bits per heavy atom. The number of hydrogen-bond acceptors (Lipinski definition) is 3. The monoisotopic (exact) mass is 302 g/mol. The van der Waals surface area contributed by atoms with Gasteiger partial charge in [-0.05, 0) is 42.2 Å². The average Bonchev–Trinajstić information content (AvgIpc) is 2.93. The summed E-state index contributed by atoms with van der Waals surface area (Å²) in [5.74, 6) is 0.184. The van der Waals surface area contributed by atoms with E-state index in [9.17, 15) is 4.79 Å². The van der Waals surface area contributed by atoms with Crippen LogP contribution in [0.15, 0.2) is 24.1 Å². The van der Waals surface area contributed by atoms with E-state index in [4.69, 9.17) is 5.73 Å². The fourth-order valence-electron chi connectivity index (χ4n) is 2.36. The summed E-state index contributed by atoms with van der Waals surface area (Å²) in [6.45, 7) is 8.41. The van der Waals surface area contributed by atoms with E-state index in [1.807, 2.05) is 0 Å². The zero-order valence-corrected chi connectivity index (χ0v) is 13.5. The molecule has 1 aromatic heterocycles. The van der Waals surface area contributed by atoms with Gasteiger partial charge in [0.05, 0.1) is 5.69 Å². The second-order valence-corrected chi connectivity index (χ2v) is 6.45. The molecule has 0 saturated heterocycles. The molecule has 21 heavy (non-hydrogen) atoms. The van der Waals surface area contributed by atoms with Crippen LogP contribution in [0.3, 0.4) is 0 Å². The van der Waals surface area contributed by atoms with E-state index >= 15 is 0 Å². The second kappa shape index (κ2) is 6.94. The molecular formula is C17H22N2OS. The normalized spacial score (nSPS) is 15.1. The van der Waals surface area contributed by atoms with Crippen LogP contribution in [0.5, 0.6) is 0 Å². The predicted octanol–water partition coefficient (Wildman–Crippen LogP) is 3.93. The molecule has 0 aliphatic heterocycles. The van der Waals surface area contributed by atoms with Crippen molar-refractivity contribution in [2.75, 3.05) is 0 Å². The lowest BCUT2D eigenvalue weighted by atomic mass is 10.1. The number of amides is 1. The second-order valence-electron chi connectivity index (χ2n) is 5.45. The van der Waals surface area contributed by atoms with Crippen LogP contribution in [-0.4, -0.2) is 10.9 Å². The van der Waals surface area contributed by atoms with Gasteiger partial charge >= 0.3 is 0 Å². The van der Waals surface area contributed by atoms with Crippen molar-refractivity contribution < 1.29 is 4.79 Å². The molecule has 1 aliphatic rings. The van der Waals surface area contributed by atoms with Gasteiger partial charge in [0.1, 0.15) is 0 Å². The average molecular weight is 302 g/mol. The summed E-state index contributed by atoms with van der Waals surface area (Å²) < 4.78 is 0. The van der Waals surface area contributed by atoms with Crippen molar-refractivity contribution in [2.45, 2.75) is 39.5 Å². The van der Waals surface area contributed by atoms with E-state index in [-0.39, 0.29) is 5.91 Å². The van der Waals surface area contributed by atoms with Gasteiger partial charge in [-0.2, -0.15) is 0 Å². The third-order valence-corrected chi connectivity index (χ3v) is 4.65. The van der Waals surface area contributed by atoms with Crippen LogP contribution < -0.4 is 5.73 Å². The predicted molar refractivity (Wildman–Crippen MR) is 90.0 cm³/mol. The number of carbonyl (C=O) groups excluding carboxylic acids is 1. The topological polar surface area (TPSA) is 56.0 Å². The summed E-state index contributed by atoms with van der Waals surface area (Å²) >= 11 is 1.55. The third-order valence-electron chi connectivity index (χ3n) is 3.86. The summed E-state index contributed by atoms with van der Waals surface area (Å²) in [5, 5.41) is 2.05. The first-order valence-corrected chi connectivity index (χ1v) is 8.26. The van der Waals surface area contributed by atoms with Crippen LogP contribution in [0.2, 0.25) is 0 Å². The zero-order valence-electron chi connectivity index (χ0n) is 12.7. The first-order valence-electron chi connectivity index (χ1n) is 7.38. The van der Waals surface area contributed by atoms with Gasteiger partial charge < -0.3 is 5.73 Å². The Labute approximate surface area is 130 Å². The number of carbonyl (C=O) groups is 1. The summed E-state index contributed by atoms with van der Waals surface area (Å²) in [6, 6.07) is 1.79. The molecule has 0 fully saturated rings. The first-order chi connectivity index (χ1) is 10.0. The number of fused-ring (bicyclic) bond motifs is 1. The number of rotatable bonds is 6. The van der Waals surface area contributed by atoms with Crippen molar-refractivity contribution in [3.8, 4) is 0 Å². The number of pyridine rings is 1. The summed E-state index contributed by atoms with van der Waals surface area (Å²) in [7, 11) is 0. The van der Waals surface area contributed by atoms with Gasteiger partial charge in [-0.3, -0.25) is 9.78 Å². The van der Waals surface area contributed by atoms with E-state index < -0.39 is 0 Å². The number of nitrogens with two attached hydrogens (primary N) is 1. The molecule has 1 atom stereocenters. The van der Waals surface area contributed by atoms with Crippen LogP contribution >= 0.6 is 11.8 Å². The van der Waals surface area contributed by atoms with Crippen molar-refractivity contribution in [3.05, 3.63) is 46.6 Å². The quantitative estimate of drug-likeness (QED) is 0.866. The zero-order chi connectivity index (χ0) is 15.4. The van der Waals surface area contributed by atoms with Gasteiger partial charge in [0.15, 0.2) is 0 Å². The number of aryl methyl sites for hydroxylation is 1. The van der Waals surface area contributed by atoms with Crippen molar-refractivity contribution >= 4 is 22.6 Å². The number of aromatic nitrogens is 1. The van der Waals surface area contributed by atoms with Crippen LogP contribution in [0.4, 0.5) is 0 Å². The lowest BCUT2D eigenvalue weighted by Gasteiger charge is -2.09. The van der Waals surface area contributed by atoms with Crippen LogP contribution in [-0.2, 0) is 12.8 Å². The van der Waals surface area contributed by atoms with E-state index in [0.717, 1.165) is 47.5 Å². The highest BCUT2D eigenvalue weighted by atomic mass is 32.2. The number of thioether (sulfide) groups is 1. The number of hydrogen-bond donors (Lipinski definition) is 1. The van der Waals surface area contributed by atoms with Gasteiger partial charge in [0.2, 0.25) is 5.91 Å². The molecule has 0 aromatic carbocycles. The molecule has 3 nitrogen and oxygen atoms in total. The van der Waals surface area contributed by atoms with E-state index in [2.05, 4.69) is 36.9 Å². The Balaban J connectivity index is 2.20. The van der Waals surface area contributed by atoms with E-state index in [0.29, 0.717) is 11.5 Å². The fourth-order valence-corrected chi connectivity index (χ4v) is 3.09. The molecule has 0 spiro atoms. The summed E-state index contributed by atoms with van der Waals surface area (Å²) in [6.07, 6.45) is 6.14.